The summed E-state index contributed by atoms with van der Waals surface area (Å²) in [5, 5.41) is 4.32. The van der Waals surface area contributed by atoms with Crippen molar-refractivity contribution in [3.8, 4) is 11.5 Å². The molecule has 2 unspecified atom stereocenters. The highest BCUT2D eigenvalue weighted by atomic mass is 16.6. The molecule has 0 aromatic heterocycles. The van der Waals surface area contributed by atoms with Crippen LogP contribution in [-0.4, -0.2) is 109 Å². The summed E-state index contributed by atoms with van der Waals surface area (Å²) >= 11 is 0. The van der Waals surface area contributed by atoms with Crippen molar-refractivity contribution in [3.63, 3.8) is 0 Å². The van der Waals surface area contributed by atoms with Crippen LogP contribution in [0.2, 0.25) is 0 Å². The van der Waals surface area contributed by atoms with Gasteiger partial charge in [0, 0.05) is 12.8 Å². The van der Waals surface area contributed by atoms with E-state index < -0.39 is 59.3 Å². The van der Waals surface area contributed by atoms with Gasteiger partial charge in [0.2, 0.25) is 23.6 Å². The number of ether oxygens (including phenoxy) is 4. The first-order valence-corrected chi connectivity index (χ1v) is 15.3. The van der Waals surface area contributed by atoms with E-state index in [2.05, 4.69) is 10.6 Å². The minimum Gasteiger partial charge on any atom is -0.490 e. The molecule has 16 nitrogen and oxygen atoms in total. The number of nitrogens with one attached hydrogen (secondary N) is 2. The van der Waals surface area contributed by atoms with Crippen molar-refractivity contribution >= 4 is 47.3 Å². The van der Waals surface area contributed by atoms with Gasteiger partial charge in [-0.2, -0.15) is 0 Å². The van der Waals surface area contributed by atoms with Gasteiger partial charge in [0.05, 0.1) is 48.7 Å². The number of carbonyl (C=O) groups is 8. The topological polar surface area (TPSA) is 204 Å². The molecule has 0 radical (unpaired) electrons. The van der Waals surface area contributed by atoms with E-state index in [1.807, 2.05) is 0 Å². The van der Waals surface area contributed by atoms with Crippen LogP contribution < -0.4 is 20.1 Å². The van der Waals surface area contributed by atoms with Crippen LogP contribution in [0.15, 0.2) is 36.4 Å². The van der Waals surface area contributed by atoms with Crippen molar-refractivity contribution < 1.29 is 57.3 Å². The average Bonchev–Trinajstić information content (AvgIpc) is 3.47. The van der Waals surface area contributed by atoms with Crippen LogP contribution in [0, 0.1) is 0 Å². The maximum Gasteiger partial charge on any atom is 0.266 e. The monoisotopic (exact) mass is 662 g/mol. The number of fused-ring (bicyclic) bond motifs is 2. The molecule has 4 aliphatic heterocycles. The van der Waals surface area contributed by atoms with Crippen molar-refractivity contribution in [1.82, 2.24) is 20.4 Å². The molecule has 8 amide bonds. The summed E-state index contributed by atoms with van der Waals surface area (Å²) < 4.78 is 22.5. The van der Waals surface area contributed by atoms with Gasteiger partial charge in [-0.1, -0.05) is 12.1 Å². The highest BCUT2D eigenvalue weighted by molar-refractivity contribution is 6.25. The third-order valence-corrected chi connectivity index (χ3v) is 8.20. The third-order valence-electron chi connectivity index (χ3n) is 8.20. The van der Waals surface area contributed by atoms with Gasteiger partial charge < -0.3 is 18.9 Å². The van der Waals surface area contributed by atoms with Crippen LogP contribution in [0.1, 0.15) is 67.1 Å². The predicted octanol–water partition coefficient (Wildman–Crippen LogP) is -0.0200. The van der Waals surface area contributed by atoms with E-state index in [0.717, 1.165) is 9.80 Å². The lowest BCUT2D eigenvalue weighted by Gasteiger charge is -2.27. The molecule has 4 heterocycles. The van der Waals surface area contributed by atoms with Gasteiger partial charge in [0.1, 0.15) is 36.8 Å². The maximum absolute atomic E-state index is 13.1. The SMILES string of the molecule is O=C1CCC(N2C(=O)c3cccc(OCCOCCOCCOc4cccc5c4C(=O)N(C4CCC(=O)NC4=O)C5=O)c3C2=O)C(=O)N1. The Hall–Kier alpha value is -5.48. The molecule has 2 aromatic carbocycles. The van der Waals surface area contributed by atoms with Crippen LogP contribution in [0.5, 0.6) is 11.5 Å². The molecule has 0 bridgehead atoms. The smallest absolute Gasteiger partial charge is 0.266 e. The standard InChI is InChI=1S/C32H30N4O12/c37-23-9-7-19(27(39)33-23)35-29(41)17-3-1-5-21(25(17)31(35)43)47-15-13-45-11-12-46-14-16-48-22-6-2-4-18-26(22)32(44)36(30(18)42)20-8-10-24(38)34-28(20)40/h1-6,19-20H,7-16H2,(H,33,37,39)(H,34,38,40). The van der Waals surface area contributed by atoms with Crippen molar-refractivity contribution in [1.29, 1.82) is 0 Å². The normalized spacial score (nSPS) is 20.6. The van der Waals surface area contributed by atoms with Crippen LogP contribution in [-0.2, 0) is 28.7 Å². The number of piperidine rings is 2. The molecule has 2 fully saturated rings. The van der Waals surface area contributed by atoms with E-state index in [4.69, 9.17) is 18.9 Å². The summed E-state index contributed by atoms with van der Waals surface area (Å²) in [6.07, 6.45) is 0.140. The number of benzene rings is 2. The molecule has 0 spiro atoms. The quantitative estimate of drug-likeness (QED) is 0.215. The fourth-order valence-electron chi connectivity index (χ4n) is 5.95. The fourth-order valence-corrected chi connectivity index (χ4v) is 5.95. The van der Waals surface area contributed by atoms with Crippen LogP contribution in [0.4, 0.5) is 0 Å². The number of rotatable bonds is 13. The molecule has 2 saturated heterocycles. The molecule has 0 saturated carbocycles. The summed E-state index contributed by atoms with van der Waals surface area (Å²) in [7, 11) is 0. The largest absolute Gasteiger partial charge is 0.490 e. The fraction of sp³-hybridized carbons (Fsp3) is 0.375. The molecular weight excluding hydrogens is 632 g/mol. The van der Waals surface area contributed by atoms with E-state index >= 15 is 0 Å². The molecule has 2 aromatic rings. The summed E-state index contributed by atoms with van der Waals surface area (Å²) in [5.74, 6) is -4.54. The van der Waals surface area contributed by atoms with Crippen LogP contribution in [0.3, 0.4) is 0 Å². The van der Waals surface area contributed by atoms with Gasteiger partial charge in [-0.15, -0.1) is 0 Å². The molecule has 2 atom stereocenters. The number of carbonyl (C=O) groups excluding carboxylic acids is 8. The first kappa shape index (κ1) is 32.5. The average molecular weight is 663 g/mol. The van der Waals surface area contributed by atoms with E-state index in [9.17, 15) is 38.4 Å². The van der Waals surface area contributed by atoms with Crippen LogP contribution in [0.25, 0.3) is 0 Å². The van der Waals surface area contributed by atoms with E-state index in [1.54, 1.807) is 24.3 Å². The highest BCUT2D eigenvalue weighted by Crippen LogP contribution is 2.35. The Morgan fingerprint density at radius 3 is 1.33 bits per heavy atom. The second kappa shape index (κ2) is 13.7. The Morgan fingerprint density at radius 1 is 0.542 bits per heavy atom. The van der Waals surface area contributed by atoms with Crippen molar-refractivity contribution in [2.45, 2.75) is 37.8 Å². The second-order valence-electron chi connectivity index (χ2n) is 11.2. The van der Waals surface area contributed by atoms with E-state index in [1.165, 1.54) is 12.1 Å². The molecular formula is C32H30N4O12. The summed E-state index contributed by atoms with van der Waals surface area (Å²) in [4.78, 5) is 101. The van der Waals surface area contributed by atoms with Gasteiger partial charge in [-0.25, -0.2) is 0 Å². The van der Waals surface area contributed by atoms with Gasteiger partial charge in [0.25, 0.3) is 23.6 Å². The van der Waals surface area contributed by atoms with Crippen molar-refractivity contribution in [3.05, 3.63) is 58.7 Å². The lowest BCUT2D eigenvalue weighted by molar-refractivity contribution is -0.137. The molecule has 4 aliphatic rings. The number of amides is 8. The zero-order valence-electron chi connectivity index (χ0n) is 25.5. The zero-order chi connectivity index (χ0) is 33.9. The molecule has 2 N–H and O–H groups in total. The van der Waals surface area contributed by atoms with Gasteiger partial charge in [-0.05, 0) is 37.1 Å². The predicted molar refractivity (Wildman–Crippen MR) is 159 cm³/mol. The first-order chi connectivity index (χ1) is 23.2. The van der Waals surface area contributed by atoms with Crippen LogP contribution >= 0.6 is 0 Å². The molecule has 48 heavy (non-hydrogen) atoms. The van der Waals surface area contributed by atoms with Crippen molar-refractivity contribution in [2.24, 2.45) is 0 Å². The number of imide groups is 4. The maximum atomic E-state index is 13.1. The minimum absolute atomic E-state index is 0.0201. The minimum atomic E-state index is -1.08. The molecule has 250 valence electrons. The van der Waals surface area contributed by atoms with Gasteiger partial charge >= 0.3 is 0 Å². The summed E-state index contributed by atoms with van der Waals surface area (Å²) in [6, 6.07) is 7.01. The van der Waals surface area contributed by atoms with Gasteiger partial charge in [0.15, 0.2) is 0 Å². The Bertz CT molecular complexity index is 1610. The van der Waals surface area contributed by atoms with Crippen molar-refractivity contribution in [2.75, 3.05) is 39.6 Å². The second-order valence-corrected chi connectivity index (χ2v) is 11.2. The van der Waals surface area contributed by atoms with E-state index in [0.29, 0.717) is 0 Å². The number of hydrogen-bond acceptors (Lipinski definition) is 12. The Kier molecular flexibility index (Phi) is 9.27. The van der Waals surface area contributed by atoms with Gasteiger partial charge in [-0.3, -0.25) is 58.8 Å². The molecule has 6 rings (SSSR count). The number of nitrogens with zero attached hydrogens (tertiary/aromatic N) is 2. The third kappa shape index (κ3) is 6.14. The lowest BCUT2D eigenvalue weighted by atomic mass is 10.0. The lowest BCUT2D eigenvalue weighted by Crippen LogP contribution is -2.54. The zero-order valence-corrected chi connectivity index (χ0v) is 25.5. The first-order valence-electron chi connectivity index (χ1n) is 15.3. The summed E-state index contributed by atoms with van der Waals surface area (Å²) in [5.41, 5.74) is 0.326. The Morgan fingerprint density at radius 2 is 0.938 bits per heavy atom. The summed E-state index contributed by atoms with van der Waals surface area (Å²) in [6.45, 7) is 0.788. The Labute approximate surface area is 272 Å². The Balaban J connectivity index is 0.914. The van der Waals surface area contributed by atoms with E-state index in [-0.39, 0.29) is 99.1 Å². The molecule has 16 heteroatoms. The molecule has 0 aliphatic carbocycles. The number of hydrogen-bond donors (Lipinski definition) is 2. The highest BCUT2D eigenvalue weighted by Gasteiger charge is 2.47.